The van der Waals surface area contributed by atoms with Crippen molar-refractivity contribution in [2.45, 2.75) is 26.3 Å². The molecule has 0 aliphatic rings. The van der Waals surface area contributed by atoms with Crippen LogP contribution in [0.3, 0.4) is 0 Å². The fourth-order valence-electron chi connectivity index (χ4n) is 1.68. The second-order valence-corrected chi connectivity index (χ2v) is 4.23. The van der Waals surface area contributed by atoms with Gasteiger partial charge in [0.25, 0.3) is 0 Å². The van der Waals surface area contributed by atoms with Crippen LogP contribution in [0.15, 0.2) is 28.7 Å². The van der Waals surface area contributed by atoms with Crippen molar-refractivity contribution in [2.75, 3.05) is 0 Å². The van der Waals surface area contributed by atoms with Gasteiger partial charge in [0.15, 0.2) is 0 Å². The number of benzene rings is 1. The first-order valence-corrected chi connectivity index (χ1v) is 5.61. The highest BCUT2D eigenvalue weighted by Gasteiger charge is 2.16. The smallest absolute Gasteiger partial charge is 0.208 e. The molecule has 0 spiro atoms. The summed E-state index contributed by atoms with van der Waals surface area (Å²) in [4.78, 5) is 4.38. The molecule has 0 aliphatic heterocycles. The molecule has 3 N–H and O–H groups in total. The van der Waals surface area contributed by atoms with E-state index in [9.17, 15) is 5.11 Å². The summed E-state index contributed by atoms with van der Waals surface area (Å²) < 4.78 is 5.61. The number of aromatic nitrogens is 1. The number of hydrogen-bond acceptors (Lipinski definition) is 4. The first kappa shape index (κ1) is 11.7. The van der Waals surface area contributed by atoms with E-state index in [1.807, 2.05) is 26.0 Å². The molecule has 2 aromatic rings. The Morgan fingerprint density at radius 2 is 1.94 bits per heavy atom. The van der Waals surface area contributed by atoms with Gasteiger partial charge in [-0.25, -0.2) is 4.98 Å². The summed E-state index contributed by atoms with van der Waals surface area (Å²) in [7, 11) is 0. The van der Waals surface area contributed by atoms with E-state index in [-0.39, 0.29) is 18.2 Å². The number of nitrogens with zero attached hydrogens (tertiary/aromatic N) is 1. The van der Waals surface area contributed by atoms with E-state index in [1.165, 1.54) is 0 Å². The zero-order valence-corrected chi connectivity index (χ0v) is 9.97. The van der Waals surface area contributed by atoms with Gasteiger partial charge in [0.05, 0.1) is 6.54 Å². The third-order valence-corrected chi connectivity index (χ3v) is 2.54. The van der Waals surface area contributed by atoms with Crippen LogP contribution in [0.4, 0.5) is 0 Å². The van der Waals surface area contributed by atoms with Crippen LogP contribution in [0.25, 0.3) is 11.3 Å². The Balaban J connectivity index is 2.49. The van der Waals surface area contributed by atoms with Gasteiger partial charge in [-0.3, -0.25) is 0 Å². The molecule has 4 heteroatoms. The number of phenolic OH excluding ortho intramolecular Hbond substituents is 1. The molecule has 0 saturated carbocycles. The lowest BCUT2D eigenvalue weighted by Crippen LogP contribution is -1.95. The van der Waals surface area contributed by atoms with E-state index in [0.29, 0.717) is 5.89 Å². The zero-order valence-electron chi connectivity index (χ0n) is 9.97. The molecular formula is C13H16N2O2. The summed E-state index contributed by atoms with van der Waals surface area (Å²) in [6.07, 6.45) is 0. The summed E-state index contributed by atoms with van der Waals surface area (Å²) >= 11 is 0. The van der Waals surface area contributed by atoms with Crippen LogP contribution in [0.2, 0.25) is 0 Å². The molecule has 0 fully saturated rings. The third-order valence-electron chi connectivity index (χ3n) is 2.54. The van der Waals surface area contributed by atoms with Crippen molar-refractivity contribution in [3.05, 3.63) is 35.9 Å². The molecule has 1 aromatic carbocycles. The molecular weight excluding hydrogens is 216 g/mol. The molecule has 1 aromatic heterocycles. The zero-order chi connectivity index (χ0) is 12.4. The summed E-state index contributed by atoms with van der Waals surface area (Å²) in [5, 5.41) is 9.27. The van der Waals surface area contributed by atoms with Gasteiger partial charge in [0.2, 0.25) is 5.89 Å². The molecule has 2 rings (SSSR count). The number of oxazole rings is 1. The first-order chi connectivity index (χ1) is 8.11. The first-order valence-electron chi connectivity index (χ1n) is 5.61. The van der Waals surface area contributed by atoms with Gasteiger partial charge < -0.3 is 15.3 Å². The van der Waals surface area contributed by atoms with Crippen molar-refractivity contribution in [1.82, 2.24) is 4.98 Å². The van der Waals surface area contributed by atoms with Crippen LogP contribution in [0.1, 0.15) is 31.4 Å². The van der Waals surface area contributed by atoms with Crippen molar-refractivity contribution < 1.29 is 9.52 Å². The topological polar surface area (TPSA) is 72.3 Å². The van der Waals surface area contributed by atoms with E-state index < -0.39 is 0 Å². The highest BCUT2D eigenvalue weighted by Crippen LogP contribution is 2.30. The summed E-state index contributed by atoms with van der Waals surface area (Å²) in [5.74, 6) is 1.85. The monoisotopic (exact) mass is 232 g/mol. The molecule has 0 amide bonds. The highest BCUT2D eigenvalue weighted by molar-refractivity contribution is 5.62. The number of aromatic hydroxyl groups is 1. The fraction of sp³-hybridized carbons (Fsp3) is 0.308. The van der Waals surface area contributed by atoms with Crippen LogP contribution in [-0.4, -0.2) is 10.1 Å². The Labute approximate surface area is 100 Å². The predicted molar refractivity (Wildman–Crippen MR) is 65.6 cm³/mol. The van der Waals surface area contributed by atoms with Crippen LogP contribution >= 0.6 is 0 Å². The summed E-state index contributed by atoms with van der Waals surface area (Å²) in [6, 6.07) is 6.91. The number of nitrogens with two attached hydrogens (primary N) is 1. The number of phenols is 1. The van der Waals surface area contributed by atoms with Gasteiger partial charge in [0.1, 0.15) is 17.2 Å². The summed E-state index contributed by atoms with van der Waals surface area (Å²) in [5.41, 5.74) is 7.27. The lowest BCUT2D eigenvalue weighted by atomic mass is 10.0. The van der Waals surface area contributed by atoms with Gasteiger partial charge in [-0.05, 0) is 24.3 Å². The van der Waals surface area contributed by atoms with Crippen molar-refractivity contribution in [2.24, 2.45) is 5.73 Å². The van der Waals surface area contributed by atoms with Gasteiger partial charge in [-0.15, -0.1) is 0 Å². The van der Waals surface area contributed by atoms with Crippen molar-refractivity contribution in [3.63, 3.8) is 0 Å². The minimum Gasteiger partial charge on any atom is -0.508 e. The maximum absolute atomic E-state index is 9.27. The molecule has 0 aliphatic carbocycles. The van der Waals surface area contributed by atoms with E-state index >= 15 is 0 Å². The minimum absolute atomic E-state index is 0.238. The maximum atomic E-state index is 9.27. The SMILES string of the molecule is CC(C)c1oc(CN)nc1-c1ccc(O)cc1. The average Bonchev–Trinajstić information content (AvgIpc) is 2.74. The third kappa shape index (κ3) is 2.31. The van der Waals surface area contributed by atoms with Crippen LogP contribution in [0, 0.1) is 0 Å². The summed E-state index contributed by atoms with van der Waals surface area (Å²) in [6.45, 7) is 4.38. The van der Waals surface area contributed by atoms with Crippen molar-refractivity contribution >= 4 is 0 Å². The molecule has 4 nitrogen and oxygen atoms in total. The Kier molecular flexibility index (Phi) is 3.15. The molecule has 0 saturated heterocycles. The van der Waals surface area contributed by atoms with Crippen LogP contribution in [-0.2, 0) is 6.54 Å². The molecule has 0 unspecified atom stereocenters. The predicted octanol–water partition coefficient (Wildman–Crippen LogP) is 2.63. The Morgan fingerprint density at radius 3 is 2.47 bits per heavy atom. The molecule has 0 bridgehead atoms. The second-order valence-electron chi connectivity index (χ2n) is 4.23. The number of hydrogen-bond donors (Lipinski definition) is 2. The standard InChI is InChI=1S/C13H16N2O2/c1-8(2)13-12(15-11(7-14)17-13)9-3-5-10(16)6-4-9/h3-6,8,16H,7,14H2,1-2H3. The van der Waals surface area contributed by atoms with Gasteiger partial charge in [0, 0.05) is 11.5 Å². The Hall–Kier alpha value is -1.81. The van der Waals surface area contributed by atoms with Gasteiger partial charge in [-0.1, -0.05) is 13.8 Å². The van der Waals surface area contributed by atoms with E-state index in [0.717, 1.165) is 17.0 Å². The normalized spacial score (nSPS) is 11.1. The Bertz CT molecular complexity index is 501. The number of rotatable bonds is 3. The second kappa shape index (κ2) is 4.59. The minimum atomic E-state index is 0.238. The fourth-order valence-corrected chi connectivity index (χ4v) is 1.68. The van der Waals surface area contributed by atoms with Gasteiger partial charge in [-0.2, -0.15) is 0 Å². The van der Waals surface area contributed by atoms with E-state index in [1.54, 1.807) is 12.1 Å². The van der Waals surface area contributed by atoms with Crippen LogP contribution < -0.4 is 5.73 Å². The van der Waals surface area contributed by atoms with Crippen molar-refractivity contribution in [3.8, 4) is 17.0 Å². The largest absolute Gasteiger partial charge is 0.508 e. The van der Waals surface area contributed by atoms with E-state index in [4.69, 9.17) is 10.2 Å². The molecule has 1 heterocycles. The average molecular weight is 232 g/mol. The highest BCUT2D eigenvalue weighted by atomic mass is 16.4. The van der Waals surface area contributed by atoms with Gasteiger partial charge >= 0.3 is 0 Å². The molecule has 0 atom stereocenters. The van der Waals surface area contributed by atoms with Crippen molar-refractivity contribution in [1.29, 1.82) is 0 Å². The van der Waals surface area contributed by atoms with Crippen LogP contribution in [0.5, 0.6) is 5.75 Å². The maximum Gasteiger partial charge on any atom is 0.208 e. The molecule has 0 radical (unpaired) electrons. The Morgan fingerprint density at radius 1 is 1.29 bits per heavy atom. The lowest BCUT2D eigenvalue weighted by Gasteiger charge is -2.03. The molecule has 90 valence electrons. The lowest BCUT2D eigenvalue weighted by molar-refractivity contribution is 0.441. The molecule has 17 heavy (non-hydrogen) atoms. The van der Waals surface area contributed by atoms with E-state index in [2.05, 4.69) is 4.98 Å². The quantitative estimate of drug-likeness (QED) is 0.853.